The smallest absolute Gasteiger partial charge is 0.433 e. The number of aromatic amines is 1. The predicted octanol–water partition coefficient (Wildman–Crippen LogP) is 2.49. The van der Waals surface area contributed by atoms with E-state index >= 15 is 0 Å². The Hall–Kier alpha value is -5.03. The second kappa shape index (κ2) is 14.4. The van der Waals surface area contributed by atoms with Crippen LogP contribution >= 0.6 is 0 Å². The number of carboxylic acid groups (broad SMARTS) is 1. The van der Waals surface area contributed by atoms with Crippen LogP contribution in [0.2, 0.25) is 0 Å². The van der Waals surface area contributed by atoms with Crippen LogP contribution in [0.4, 0.5) is 24.7 Å². The number of hydrogen-bond donors (Lipinski definition) is 7. The molecule has 1 fully saturated rings. The zero-order valence-electron chi connectivity index (χ0n) is 25.0. The summed E-state index contributed by atoms with van der Waals surface area (Å²) in [4.78, 5) is 42.3. The minimum atomic E-state index is -4.61. The SMILES string of the molecule is CCc1cc(Nc2nccn3c(-c4cn[nH]c4C(F)(F)F)cnc23)ccc1C(=O)NCCNC(=O)[C@@H]1C[C@@](O)(CC)CN1.O=CO. The van der Waals surface area contributed by atoms with Crippen molar-refractivity contribution in [1.82, 2.24) is 40.5 Å². The third-order valence-corrected chi connectivity index (χ3v) is 7.57. The molecule has 0 bridgehead atoms. The molecule has 2 atom stereocenters. The molecule has 1 aliphatic rings. The summed E-state index contributed by atoms with van der Waals surface area (Å²) in [6.45, 7) is 4.36. The Balaban J connectivity index is 0.00000154. The molecule has 14 nitrogen and oxygen atoms in total. The molecule has 0 unspecified atom stereocenters. The van der Waals surface area contributed by atoms with Gasteiger partial charge in [-0.05, 0) is 36.6 Å². The van der Waals surface area contributed by atoms with Gasteiger partial charge < -0.3 is 31.5 Å². The highest BCUT2D eigenvalue weighted by Crippen LogP contribution is 2.36. The molecule has 2 amide bonds. The normalized spacial score (nSPS) is 17.7. The zero-order chi connectivity index (χ0) is 33.5. The van der Waals surface area contributed by atoms with Crippen molar-refractivity contribution in [2.24, 2.45) is 0 Å². The number of fused-ring (bicyclic) bond motifs is 1. The first-order valence-electron chi connectivity index (χ1n) is 14.4. The molecular weight excluding hydrogens is 611 g/mol. The van der Waals surface area contributed by atoms with Crippen LogP contribution in [0.5, 0.6) is 0 Å². The number of halogens is 3. The third-order valence-electron chi connectivity index (χ3n) is 7.57. The molecule has 4 aromatic rings. The number of benzene rings is 1. The Kier molecular flexibility index (Phi) is 10.6. The van der Waals surface area contributed by atoms with Crippen LogP contribution in [0.15, 0.2) is 43.0 Å². The maximum atomic E-state index is 13.4. The van der Waals surface area contributed by atoms with E-state index in [0.717, 1.165) is 11.8 Å². The topological polar surface area (TPSA) is 199 Å². The lowest BCUT2D eigenvalue weighted by molar-refractivity contribution is -0.140. The highest BCUT2D eigenvalue weighted by molar-refractivity contribution is 5.96. The number of β-amino-alcohol motifs (C(OH)–C–C–N with tert-alkyl or cyclic N) is 1. The van der Waals surface area contributed by atoms with Crippen LogP contribution in [0.25, 0.3) is 16.9 Å². The van der Waals surface area contributed by atoms with Gasteiger partial charge in [-0.1, -0.05) is 13.8 Å². The summed E-state index contributed by atoms with van der Waals surface area (Å²) in [5.41, 5.74) is 0.351. The number of aryl methyl sites for hydroxylation is 1. The second-order valence-corrected chi connectivity index (χ2v) is 10.5. The van der Waals surface area contributed by atoms with E-state index < -0.39 is 23.5 Å². The van der Waals surface area contributed by atoms with Crippen molar-refractivity contribution in [2.75, 3.05) is 25.0 Å². The average Bonchev–Trinajstić information content (AvgIpc) is 3.78. The number of alkyl halides is 3. The first-order chi connectivity index (χ1) is 21.9. The van der Waals surface area contributed by atoms with Crippen molar-refractivity contribution < 1.29 is 37.8 Å². The van der Waals surface area contributed by atoms with Crippen molar-refractivity contribution >= 4 is 35.4 Å². The lowest BCUT2D eigenvalue weighted by atomic mass is 9.97. The van der Waals surface area contributed by atoms with E-state index in [-0.39, 0.29) is 42.6 Å². The van der Waals surface area contributed by atoms with Crippen LogP contribution in [0, 0.1) is 0 Å². The summed E-state index contributed by atoms with van der Waals surface area (Å²) in [7, 11) is 0. The minimum absolute atomic E-state index is 0.140. The molecule has 5 rings (SSSR count). The number of nitrogens with zero attached hydrogens (tertiary/aromatic N) is 4. The largest absolute Gasteiger partial charge is 0.483 e. The zero-order valence-corrected chi connectivity index (χ0v) is 25.0. The molecule has 17 heteroatoms. The molecule has 7 N–H and O–H groups in total. The van der Waals surface area contributed by atoms with Gasteiger partial charge in [-0.2, -0.15) is 18.3 Å². The Morgan fingerprint density at radius 3 is 2.59 bits per heavy atom. The molecule has 1 saturated heterocycles. The summed E-state index contributed by atoms with van der Waals surface area (Å²) in [5.74, 6) is -0.201. The lowest BCUT2D eigenvalue weighted by Crippen LogP contribution is -2.43. The van der Waals surface area contributed by atoms with Crippen LogP contribution in [0.3, 0.4) is 0 Å². The van der Waals surface area contributed by atoms with E-state index in [1.807, 2.05) is 18.9 Å². The number of aromatic nitrogens is 5. The number of carbonyl (C=O) groups is 3. The highest BCUT2D eigenvalue weighted by Gasteiger charge is 2.39. The molecule has 0 spiro atoms. The van der Waals surface area contributed by atoms with Gasteiger partial charge in [0.2, 0.25) is 5.91 Å². The third kappa shape index (κ3) is 7.60. The Labute approximate surface area is 260 Å². The average molecular weight is 646 g/mol. The summed E-state index contributed by atoms with van der Waals surface area (Å²) < 4.78 is 41.8. The van der Waals surface area contributed by atoms with Gasteiger partial charge in [-0.3, -0.25) is 23.9 Å². The van der Waals surface area contributed by atoms with E-state index in [1.165, 1.54) is 23.0 Å². The van der Waals surface area contributed by atoms with Crippen molar-refractivity contribution in [1.29, 1.82) is 0 Å². The number of anilines is 2. The number of carbonyl (C=O) groups excluding carboxylic acids is 2. The lowest BCUT2D eigenvalue weighted by Gasteiger charge is -2.18. The molecule has 1 aliphatic heterocycles. The summed E-state index contributed by atoms with van der Waals surface area (Å²) in [6.07, 6.45) is 2.22. The van der Waals surface area contributed by atoms with Crippen molar-refractivity contribution in [3.63, 3.8) is 0 Å². The van der Waals surface area contributed by atoms with Crippen molar-refractivity contribution in [2.45, 2.75) is 50.9 Å². The van der Waals surface area contributed by atoms with E-state index in [1.54, 1.807) is 18.2 Å². The first kappa shape index (κ1) is 33.9. The number of amides is 2. The van der Waals surface area contributed by atoms with Crippen LogP contribution in [-0.4, -0.2) is 84.3 Å². The van der Waals surface area contributed by atoms with Crippen molar-refractivity contribution in [3.8, 4) is 11.3 Å². The van der Waals surface area contributed by atoms with Crippen LogP contribution < -0.4 is 21.3 Å². The second-order valence-electron chi connectivity index (χ2n) is 10.5. The standard InChI is InChI=1S/C28H32F3N9O3.CH2O2/c1-3-16-11-17(5-6-18(16)25(41)33-7-8-34-26(42)20-12-27(43,4-2)15-36-20)38-23-24-35-14-21(40(24)10-9-32-23)19-13-37-39-22(19)28(29,30)31;2-1-3/h5-6,9-11,13-14,20,36,43H,3-4,7-8,12,15H2,1-2H3,(H,32,38)(H,33,41)(H,34,42)(H,37,39);1H,(H,2,3)/t20-,27-;/m0./s1. The number of nitrogens with one attached hydrogen (secondary N) is 5. The van der Waals surface area contributed by atoms with Gasteiger partial charge in [-0.15, -0.1) is 0 Å². The fraction of sp³-hybridized carbons (Fsp3) is 0.379. The molecule has 4 heterocycles. The molecule has 0 aliphatic carbocycles. The van der Waals surface area contributed by atoms with Gasteiger partial charge in [0.1, 0.15) is 5.69 Å². The number of hydrogen-bond acceptors (Lipinski definition) is 9. The predicted molar refractivity (Wildman–Crippen MR) is 160 cm³/mol. The highest BCUT2D eigenvalue weighted by atomic mass is 19.4. The fourth-order valence-electron chi connectivity index (χ4n) is 5.10. The van der Waals surface area contributed by atoms with Gasteiger partial charge in [0, 0.05) is 49.7 Å². The van der Waals surface area contributed by atoms with Gasteiger partial charge in [0.25, 0.3) is 12.4 Å². The van der Waals surface area contributed by atoms with Gasteiger partial charge in [-0.25, -0.2) is 9.97 Å². The van der Waals surface area contributed by atoms with Gasteiger partial charge >= 0.3 is 6.18 Å². The Morgan fingerprint density at radius 1 is 1.17 bits per heavy atom. The first-order valence-corrected chi connectivity index (χ1v) is 14.4. The molecule has 246 valence electrons. The Morgan fingerprint density at radius 2 is 1.91 bits per heavy atom. The molecular formula is C29H34F3N9O5. The van der Waals surface area contributed by atoms with Crippen LogP contribution in [-0.2, 0) is 22.2 Å². The number of rotatable bonds is 10. The summed E-state index contributed by atoms with van der Waals surface area (Å²) in [5, 5.41) is 34.5. The molecule has 1 aromatic carbocycles. The van der Waals surface area contributed by atoms with Crippen molar-refractivity contribution in [3.05, 3.63) is 59.8 Å². The quantitative estimate of drug-likeness (QED) is 0.0994. The monoisotopic (exact) mass is 645 g/mol. The van der Waals surface area contributed by atoms with Gasteiger partial charge in [0.15, 0.2) is 11.5 Å². The van der Waals surface area contributed by atoms with Crippen LogP contribution in [0.1, 0.15) is 48.3 Å². The maximum Gasteiger partial charge on any atom is 0.433 e. The molecule has 0 saturated carbocycles. The molecule has 46 heavy (non-hydrogen) atoms. The minimum Gasteiger partial charge on any atom is -0.483 e. The maximum absolute atomic E-state index is 13.4. The molecule has 0 radical (unpaired) electrons. The van der Waals surface area contributed by atoms with E-state index in [9.17, 15) is 27.9 Å². The van der Waals surface area contributed by atoms with E-state index in [4.69, 9.17) is 9.90 Å². The number of H-pyrrole nitrogens is 1. The van der Waals surface area contributed by atoms with E-state index in [0.29, 0.717) is 48.5 Å². The number of imidazole rings is 1. The number of aliphatic hydroxyl groups is 1. The van der Waals surface area contributed by atoms with E-state index in [2.05, 4.69) is 36.3 Å². The van der Waals surface area contributed by atoms with Gasteiger partial charge in [0.05, 0.1) is 35.3 Å². The molecule has 3 aromatic heterocycles. The fourth-order valence-corrected chi connectivity index (χ4v) is 5.10. The summed E-state index contributed by atoms with van der Waals surface area (Å²) in [6, 6.07) is 4.69. The summed E-state index contributed by atoms with van der Waals surface area (Å²) >= 11 is 0. The Bertz CT molecular complexity index is 1690.